The van der Waals surface area contributed by atoms with E-state index >= 15 is 0 Å². The highest BCUT2D eigenvalue weighted by Gasteiger charge is 2.26. The molecule has 7 nitrogen and oxygen atoms in total. The first-order valence-corrected chi connectivity index (χ1v) is 12.0. The smallest absolute Gasteiger partial charge is 0.417 e. The van der Waals surface area contributed by atoms with Crippen LogP contribution >= 0.6 is 0 Å². The number of hydrogen-bond acceptors (Lipinski definition) is 5. The van der Waals surface area contributed by atoms with Crippen molar-refractivity contribution in [2.45, 2.75) is 37.7 Å². The maximum Gasteiger partial charge on any atom is 0.417 e. The molecule has 0 saturated heterocycles. The second-order valence-electron chi connectivity index (χ2n) is 8.62. The number of aromatic nitrogens is 1. The number of fused-ring (bicyclic) bond motifs is 1. The lowest BCUT2D eigenvalue weighted by molar-refractivity contribution is 0.0574. The van der Waals surface area contributed by atoms with Gasteiger partial charge in [0.25, 0.3) is 10.0 Å². The Hall–Kier alpha value is -3.52. The van der Waals surface area contributed by atoms with Crippen molar-refractivity contribution >= 4 is 32.9 Å². The molecule has 172 valence electrons. The average molecular weight is 467 g/mol. The lowest BCUT2D eigenvalue weighted by Crippen LogP contribution is -2.38. The standard InChI is InChI=1S/C25H26N2O5S/c1-25(2,3)32-24(28)26(23-14-9-17-31-23)16-15-19-18-27(22-13-8-7-12-21(19)22)33(29,30)20-10-5-4-6-11-20/h4-14,17-18H,15-16H2,1-3H3. The molecule has 0 aliphatic carbocycles. The number of furan rings is 1. The molecular formula is C25H26N2O5S. The van der Waals surface area contributed by atoms with Crippen LogP contribution in [0.5, 0.6) is 0 Å². The monoisotopic (exact) mass is 466 g/mol. The van der Waals surface area contributed by atoms with Gasteiger partial charge in [-0.2, -0.15) is 0 Å². The molecule has 0 saturated carbocycles. The molecule has 2 heterocycles. The summed E-state index contributed by atoms with van der Waals surface area (Å²) >= 11 is 0. The number of ether oxygens (including phenoxy) is 1. The largest absolute Gasteiger partial charge is 0.448 e. The molecule has 33 heavy (non-hydrogen) atoms. The summed E-state index contributed by atoms with van der Waals surface area (Å²) in [5, 5.41) is 0.806. The minimum absolute atomic E-state index is 0.211. The normalized spacial score (nSPS) is 12.1. The Morgan fingerprint density at radius 2 is 1.70 bits per heavy atom. The Kier molecular flexibility index (Phi) is 6.03. The Morgan fingerprint density at radius 3 is 2.36 bits per heavy atom. The first-order valence-electron chi connectivity index (χ1n) is 10.6. The average Bonchev–Trinajstić information content (AvgIpc) is 3.42. The van der Waals surface area contributed by atoms with Gasteiger partial charge in [-0.1, -0.05) is 36.4 Å². The van der Waals surface area contributed by atoms with E-state index in [9.17, 15) is 13.2 Å². The molecule has 0 spiro atoms. The fourth-order valence-electron chi connectivity index (χ4n) is 3.59. The SMILES string of the molecule is CC(C)(C)OC(=O)N(CCc1cn(S(=O)(=O)c2ccccc2)c2ccccc12)c1ccco1. The van der Waals surface area contributed by atoms with Crippen LogP contribution in [-0.4, -0.2) is 30.6 Å². The number of hydrogen-bond donors (Lipinski definition) is 0. The molecule has 8 heteroatoms. The van der Waals surface area contributed by atoms with Crippen molar-refractivity contribution < 1.29 is 22.4 Å². The minimum Gasteiger partial charge on any atom is -0.448 e. The van der Waals surface area contributed by atoms with Gasteiger partial charge in [0, 0.05) is 24.2 Å². The van der Waals surface area contributed by atoms with Crippen molar-refractivity contribution in [2.24, 2.45) is 0 Å². The van der Waals surface area contributed by atoms with Gasteiger partial charge < -0.3 is 9.15 Å². The zero-order valence-electron chi connectivity index (χ0n) is 18.8. The van der Waals surface area contributed by atoms with Crippen LogP contribution in [0.15, 0.2) is 88.5 Å². The van der Waals surface area contributed by atoms with Gasteiger partial charge in [-0.05, 0) is 57.0 Å². The predicted molar refractivity (Wildman–Crippen MR) is 127 cm³/mol. The quantitative estimate of drug-likeness (QED) is 0.377. The molecule has 2 aromatic carbocycles. The topological polar surface area (TPSA) is 81.8 Å². The van der Waals surface area contributed by atoms with Gasteiger partial charge in [-0.25, -0.2) is 22.1 Å². The molecule has 0 unspecified atom stereocenters. The van der Waals surface area contributed by atoms with Crippen LogP contribution < -0.4 is 4.90 Å². The molecule has 2 aromatic heterocycles. The van der Waals surface area contributed by atoms with E-state index < -0.39 is 21.7 Å². The van der Waals surface area contributed by atoms with Crippen molar-refractivity contribution in [3.63, 3.8) is 0 Å². The third-order valence-electron chi connectivity index (χ3n) is 5.05. The first-order chi connectivity index (χ1) is 15.7. The van der Waals surface area contributed by atoms with E-state index in [1.807, 2.05) is 12.1 Å². The van der Waals surface area contributed by atoms with Gasteiger partial charge in [0.2, 0.25) is 5.88 Å². The van der Waals surface area contributed by atoms with E-state index in [0.717, 1.165) is 10.9 Å². The number of amides is 1. The van der Waals surface area contributed by atoms with Gasteiger partial charge in [0.15, 0.2) is 0 Å². The van der Waals surface area contributed by atoms with E-state index in [1.54, 1.807) is 81.6 Å². The Bertz CT molecular complexity index is 1350. The van der Waals surface area contributed by atoms with Crippen LogP contribution in [0.2, 0.25) is 0 Å². The number of nitrogens with zero attached hydrogens (tertiary/aromatic N) is 2. The van der Waals surface area contributed by atoms with Crippen LogP contribution in [-0.2, 0) is 21.2 Å². The van der Waals surface area contributed by atoms with Crippen molar-refractivity contribution in [2.75, 3.05) is 11.4 Å². The van der Waals surface area contributed by atoms with Crippen LogP contribution in [0, 0.1) is 0 Å². The summed E-state index contributed by atoms with van der Waals surface area (Å²) in [5.41, 5.74) is 0.713. The molecular weight excluding hydrogens is 440 g/mol. The summed E-state index contributed by atoms with van der Waals surface area (Å²) in [6, 6.07) is 19.0. The van der Waals surface area contributed by atoms with Gasteiger partial charge >= 0.3 is 6.09 Å². The molecule has 0 radical (unpaired) electrons. The zero-order chi connectivity index (χ0) is 23.6. The lowest BCUT2D eigenvalue weighted by atomic mass is 10.1. The Morgan fingerprint density at radius 1 is 1.00 bits per heavy atom. The molecule has 0 N–H and O–H groups in total. The molecule has 0 atom stereocenters. The summed E-state index contributed by atoms with van der Waals surface area (Å²) in [5.74, 6) is 0.366. The van der Waals surface area contributed by atoms with Crippen molar-refractivity contribution in [3.05, 3.63) is 84.8 Å². The first kappa shape index (κ1) is 22.7. The van der Waals surface area contributed by atoms with E-state index in [2.05, 4.69) is 0 Å². The molecule has 0 fully saturated rings. The van der Waals surface area contributed by atoms with Crippen molar-refractivity contribution in [1.82, 2.24) is 3.97 Å². The number of anilines is 1. The maximum atomic E-state index is 13.3. The number of rotatable bonds is 6. The molecule has 4 aromatic rings. The lowest BCUT2D eigenvalue weighted by Gasteiger charge is -2.25. The highest BCUT2D eigenvalue weighted by Crippen LogP contribution is 2.27. The van der Waals surface area contributed by atoms with Crippen molar-refractivity contribution in [3.8, 4) is 0 Å². The fraction of sp³-hybridized carbons (Fsp3) is 0.240. The summed E-state index contributed by atoms with van der Waals surface area (Å²) < 4.78 is 38.9. The van der Waals surface area contributed by atoms with Crippen LogP contribution in [0.25, 0.3) is 10.9 Å². The van der Waals surface area contributed by atoms with Gasteiger partial charge in [0.05, 0.1) is 16.7 Å². The van der Waals surface area contributed by atoms with E-state index in [-0.39, 0.29) is 11.4 Å². The molecule has 0 bridgehead atoms. The van der Waals surface area contributed by atoms with Gasteiger partial charge in [0.1, 0.15) is 5.60 Å². The van der Waals surface area contributed by atoms with Crippen LogP contribution in [0.3, 0.4) is 0 Å². The third kappa shape index (κ3) is 4.80. The summed E-state index contributed by atoms with van der Waals surface area (Å²) in [6.45, 7) is 5.65. The zero-order valence-corrected chi connectivity index (χ0v) is 19.6. The van der Waals surface area contributed by atoms with E-state index in [0.29, 0.717) is 17.8 Å². The molecule has 1 amide bonds. The molecule has 0 aliphatic heterocycles. The number of carbonyl (C=O) groups excluding carboxylic acids is 1. The minimum atomic E-state index is -3.77. The highest BCUT2D eigenvalue weighted by atomic mass is 32.2. The summed E-state index contributed by atoms with van der Waals surface area (Å²) in [4.78, 5) is 14.5. The second kappa shape index (κ2) is 8.78. The Labute approximate surface area is 193 Å². The van der Waals surface area contributed by atoms with Crippen LogP contribution in [0.1, 0.15) is 26.3 Å². The second-order valence-corrected chi connectivity index (χ2v) is 10.4. The van der Waals surface area contributed by atoms with E-state index in [4.69, 9.17) is 9.15 Å². The number of carbonyl (C=O) groups is 1. The fourth-order valence-corrected chi connectivity index (χ4v) is 5.00. The van der Waals surface area contributed by atoms with E-state index in [1.165, 1.54) is 15.1 Å². The number of benzene rings is 2. The van der Waals surface area contributed by atoms with Crippen molar-refractivity contribution in [1.29, 1.82) is 0 Å². The maximum absolute atomic E-state index is 13.3. The Balaban J connectivity index is 1.68. The summed E-state index contributed by atoms with van der Waals surface area (Å²) in [6.07, 6.45) is 2.99. The predicted octanol–water partition coefficient (Wildman–Crippen LogP) is 5.46. The van der Waals surface area contributed by atoms with Gasteiger partial charge in [-0.3, -0.25) is 0 Å². The number of para-hydroxylation sites is 1. The third-order valence-corrected chi connectivity index (χ3v) is 6.74. The molecule has 4 rings (SSSR count). The molecule has 0 aliphatic rings. The van der Waals surface area contributed by atoms with Crippen LogP contribution in [0.4, 0.5) is 10.7 Å². The summed E-state index contributed by atoms with van der Waals surface area (Å²) in [7, 11) is -3.77. The highest BCUT2D eigenvalue weighted by molar-refractivity contribution is 7.90. The van der Waals surface area contributed by atoms with Gasteiger partial charge in [-0.15, -0.1) is 0 Å².